The highest BCUT2D eigenvalue weighted by Crippen LogP contribution is 2.10. The van der Waals surface area contributed by atoms with Crippen LogP contribution in [0.1, 0.15) is 16.1 Å². The quantitative estimate of drug-likeness (QED) is 0.585. The number of amides is 2. The Kier molecular flexibility index (Phi) is 4.88. The average Bonchev–Trinajstić information content (AvgIpc) is 3.32. The molecule has 26 heavy (non-hydrogen) atoms. The van der Waals surface area contributed by atoms with E-state index in [2.05, 4.69) is 15.4 Å². The molecule has 0 saturated heterocycles. The molecule has 0 fully saturated rings. The van der Waals surface area contributed by atoms with Crippen LogP contribution in [0.15, 0.2) is 59.8 Å². The lowest BCUT2D eigenvalue weighted by atomic mass is 10.0. The molecule has 132 valence electrons. The van der Waals surface area contributed by atoms with Crippen molar-refractivity contribution in [2.75, 3.05) is 0 Å². The summed E-state index contributed by atoms with van der Waals surface area (Å²) in [6.07, 6.45) is 7.52. The minimum Gasteiger partial charge on any atom is -0.472 e. The topological polar surface area (TPSA) is 133 Å². The Hall–Kier alpha value is -3.75. The molecule has 3 aromatic rings. The first-order valence-electron chi connectivity index (χ1n) is 7.66. The van der Waals surface area contributed by atoms with Crippen LogP contribution in [0.3, 0.4) is 0 Å². The zero-order valence-electron chi connectivity index (χ0n) is 13.5. The number of furan rings is 1. The second kappa shape index (κ2) is 7.43. The lowest BCUT2D eigenvalue weighted by Crippen LogP contribution is -2.47. The maximum absolute atomic E-state index is 12.6. The van der Waals surface area contributed by atoms with Gasteiger partial charge in [0, 0.05) is 12.6 Å². The fraction of sp³-hybridized carbons (Fsp3) is 0.118. The predicted molar refractivity (Wildman–Crippen MR) is 89.2 cm³/mol. The van der Waals surface area contributed by atoms with Crippen molar-refractivity contribution in [3.63, 3.8) is 0 Å². The molecule has 1 atom stereocenters. The molecule has 0 aliphatic rings. The lowest BCUT2D eigenvalue weighted by molar-refractivity contribution is -0.137. The number of carbonyl (C=O) groups excluding carboxylic acids is 3. The number of pyridine rings is 1. The third-order valence-electron chi connectivity index (χ3n) is 3.65. The van der Waals surface area contributed by atoms with Crippen molar-refractivity contribution in [2.24, 2.45) is 5.73 Å². The third-order valence-corrected chi connectivity index (χ3v) is 3.65. The smallest absolute Gasteiger partial charge is 0.287 e. The van der Waals surface area contributed by atoms with Gasteiger partial charge < -0.3 is 15.5 Å². The summed E-state index contributed by atoms with van der Waals surface area (Å²) in [7, 11) is 0. The van der Waals surface area contributed by atoms with Crippen LogP contribution in [-0.2, 0) is 16.0 Å². The summed E-state index contributed by atoms with van der Waals surface area (Å²) in [6.45, 7) is 0. The number of aromatic nitrogens is 3. The van der Waals surface area contributed by atoms with E-state index in [1.807, 2.05) is 0 Å². The van der Waals surface area contributed by atoms with E-state index in [-0.39, 0.29) is 12.1 Å². The molecule has 0 radical (unpaired) electrons. The van der Waals surface area contributed by atoms with E-state index in [0.29, 0.717) is 11.3 Å². The minimum absolute atomic E-state index is 0.0744. The molecule has 3 rings (SSSR count). The molecule has 0 saturated carbocycles. The summed E-state index contributed by atoms with van der Waals surface area (Å²) < 4.78 is 6.33. The Morgan fingerprint density at radius 1 is 1.23 bits per heavy atom. The van der Waals surface area contributed by atoms with Gasteiger partial charge in [-0.25, -0.2) is 4.68 Å². The normalized spacial score (nSPS) is 11.7. The summed E-state index contributed by atoms with van der Waals surface area (Å²) in [5.74, 6) is -2.60. The molecule has 0 bridgehead atoms. The number of nitrogens with two attached hydrogens (primary N) is 1. The zero-order valence-corrected chi connectivity index (χ0v) is 13.5. The number of Topliss-reactive ketones (excluding diaryl/α,β-unsaturated/α-hetero) is 1. The summed E-state index contributed by atoms with van der Waals surface area (Å²) >= 11 is 0. The highest BCUT2D eigenvalue weighted by atomic mass is 16.3. The minimum atomic E-state index is -1.13. The summed E-state index contributed by atoms with van der Waals surface area (Å²) in [4.78, 5) is 40.0. The number of nitrogens with one attached hydrogen (secondary N) is 1. The third kappa shape index (κ3) is 3.66. The number of carbonyl (C=O) groups is 3. The maximum Gasteiger partial charge on any atom is 0.287 e. The van der Waals surface area contributed by atoms with Crippen LogP contribution in [0.4, 0.5) is 0 Å². The summed E-state index contributed by atoms with van der Waals surface area (Å²) in [5, 5.41) is 6.63. The first kappa shape index (κ1) is 17.1. The number of rotatable bonds is 7. The van der Waals surface area contributed by atoms with E-state index in [1.54, 1.807) is 30.6 Å². The fourth-order valence-electron chi connectivity index (χ4n) is 2.42. The SMILES string of the molecule is NC(=O)C(=O)C(Cc1ccoc1)NC(=O)c1ccnn1-c1cccnc1. The van der Waals surface area contributed by atoms with E-state index >= 15 is 0 Å². The van der Waals surface area contributed by atoms with Crippen molar-refractivity contribution in [3.05, 3.63) is 66.6 Å². The van der Waals surface area contributed by atoms with Crippen molar-refractivity contribution < 1.29 is 18.8 Å². The average molecular weight is 353 g/mol. The molecule has 9 nitrogen and oxygen atoms in total. The van der Waals surface area contributed by atoms with E-state index < -0.39 is 23.6 Å². The summed E-state index contributed by atoms with van der Waals surface area (Å²) in [6, 6.07) is 5.44. The van der Waals surface area contributed by atoms with Gasteiger partial charge in [0.2, 0.25) is 5.78 Å². The molecule has 3 aromatic heterocycles. The second-order valence-corrected chi connectivity index (χ2v) is 5.43. The van der Waals surface area contributed by atoms with Crippen LogP contribution < -0.4 is 11.1 Å². The monoisotopic (exact) mass is 353 g/mol. The molecule has 9 heteroatoms. The van der Waals surface area contributed by atoms with Crippen LogP contribution in [-0.4, -0.2) is 38.4 Å². The van der Waals surface area contributed by atoms with Gasteiger partial charge in [-0.1, -0.05) is 0 Å². The Labute approximate surface area is 147 Å². The largest absolute Gasteiger partial charge is 0.472 e. The zero-order chi connectivity index (χ0) is 18.5. The van der Waals surface area contributed by atoms with Crippen LogP contribution in [0.5, 0.6) is 0 Å². The summed E-state index contributed by atoms with van der Waals surface area (Å²) in [5.41, 5.74) is 6.50. The molecule has 3 heterocycles. The van der Waals surface area contributed by atoms with E-state index in [1.165, 1.54) is 29.5 Å². The molecular weight excluding hydrogens is 338 g/mol. The highest BCUT2D eigenvalue weighted by Gasteiger charge is 2.27. The molecule has 3 N–H and O–H groups in total. The van der Waals surface area contributed by atoms with Gasteiger partial charge in [0.15, 0.2) is 0 Å². The Morgan fingerprint density at radius 2 is 2.08 bits per heavy atom. The van der Waals surface area contributed by atoms with Crippen molar-refractivity contribution in [1.82, 2.24) is 20.1 Å². The van der Waals surface area contributed by atoms with Crippen molar-refractivity contribution >= 4 is 17.6 Å². The lowest BCUT2D eigenvalue weighted by Gasteiger charge is -2.16. The highest BCUT2D eigenvalue weighted by molar-refractivity contribution is 6.38. The number of hydrogen-bond acceptors (Lipinski definition) is 6. The molecule has 0 spiro atoms. The Balaban J connectivity index is 1.83. The van der Waals surface area contributed by atoms with Gasteiger partial charge in [-0.3, -0.25) is 19.4 Å². The predicted octanol–water partition coefficient (Wildman–Crippen LogP) is 0.256. The number of primary amides is 1. The number of hydrogen-bond donors (Lipinski definition) is 2. The first-order chi connectivity index (χ1) is 12.6. The van der Waals surface area contributed by atoms with E-state index in [0.717, 1.165) is 0 Å². The van der Waals surface area contributed by atoms with Gasteiger partial charge in [-0.15, -0.1) is 0 Å². The molecule has 1 unspecified atom stereocenters. The number of nitrogens with zero attached hydrogens (tertiary/aromatic N) is 3. The van der Waals surface area contributed by atoms with Crippen LogP contribution >= 0.6 is 0 Å². The van der Waals surface area contributed by atoms with Crippen LogP contribution in [0, 0.1) is 0 Å². The Morgan fingerprint density at radius 3 is 2.73 bits per heavy atom. The van der Waals surface area contributed by atoms with Gasteiger partial charge in [0.25, 0.3) is 11.8 Å². The molecule has 2 amide bonds. The van der Waals surface area contributed by atoms with Crippen LogP contribution in [0.2, 0.25) is 0 Å². The van der Waals surface area contributed by atoms with E-state index in [4.69, 9.17) is 10.2 Å². The van der Waals surface area contributed by atoms with Gasteiger partial charge in [-0.05, 0) is 29.8 Å². The number of ketones is 1. The Bertz CT molecular complexity index is 918. The van der Waals surface area contributed by atoms with Crippen molar-refractivity contribution in [3.8, 4) is 5.69 Å². The van der Waals surface area contributed by atoms with Crippen molar-refractivity contribution in [1.29, 1.82) is 0 Å². The van der Waals surface area contributed by atoms with Gasteiger partial charge >= 0.3 is 0 Å². The molecule has 0 aromatic carbocycles. The maximum atomic E-state index is 12.6. The second-order valence-electron chi connectivity index (χ2n) is 5.43. The van der Waals surface area contributed by atoms with Gasteiger partial charge in [0.1, 0.15) is 11.7 Å². The molecular formula is C17H15N5O4. The molecule has 0 aliphatic heterocycles. The molecule has 0 aliphatic carbocycles. The van der Waals surface area contributed by atoms with Gasteiger partial charge in [0.05, 0.1) is 30.6 Å². The van der Waals surface area contributed by atoms with Gasteiger partial charge in [-0.2, -0.15) is 5.10 Å². The fourth-order valence-corrected chi connectivity index (χ4v) is 2.42. The first-order valence-corrected chi connectivity index (χ1v) is 7.66. The van der Waals surface area contributed by atoms with E-state index in [9.17, 15) is 14.4 Å². The van der Waals surface area contributed by atoms with Crippen molar-refractivity contribution in [2.45, 2.75) is 12.5 Å². The van der Waals surface area contributed by atoms with Crippen LogP contribution in [0.25, 0.3) is 5.69 Å². The standard InChI is InChI=1S/C17H15N5O4/c18-16(24)15(23)13(8-11-4-7-26-10-11)21-17(25)14-3-6-20-22(14)12-2-1-5-19-9-12/h1-7,9-10,13H,8H2,(H2,18,24)(H,21,25).